The number of hydrogen-bond acceptors (Lipinski definition) is 4. The summed E-state index contributed by atoms with van der Waals surface area (Å²) < 4.78 is 1.86. The first-order valence-electron chi connectivity index (χ1n) is 11.2. The van der Waals surface area contributed by atoms with Gasteiger partial charge < -0.3 is 10.4 Å². The number of rotatable bonds is 5. The number of amides is 1. The molecule has 168 valence electrons. The zero-order valence-electron chi connectivity index (χ0n) is 18.3. The number of hydrogen-bond donors (Lipinski definition) is 3. The molecule has 0 atom stereocenters. The molecule has 0 spiro atoms. The van der Waals surface area contributed by atoms with Gasteiger partial charge in [0.2, 0.25) is 0 Å². The lowest BCUT2D eigenvalue weighted by atomic mass is 9.72. The van der Waals surface area contributed by atoms with Gasteiger partial charge in [-0.2, -0.15) is 10.2 Å². The summed E-state index contributed by atoms with van der Waals surface area (Å²) in [5, 5.41) is 23.9. The Kier molecular flexibility index (Phi) is 4.65. The van der Waals surface area contributed by atoms with Crippen molar-refractivity contribution in [2.24, 2.45) is 0 Å². The molecular weight excluding hydrogens is 428 g/mol. The fourth-order valence-electron chi connectivity index (χ4n) is 4.78. The number of carboxylic acid groups (broad SMARTS) is 1. The number of nitrogens with zero attached hydrogens (tertiary/aromatic N) is 4. The van der Waals surface area contributed by atoms with Gasteiger partial charge in [0.1, 0.15) is 5.69 Å². The Hall–Kier alpha value is -4.46. The van der Waals surface area contributed by atoms with E-state index in [-0.39, 0.29) is 0 Å². The summed E-state index contributed by atoms with van der Waals surface area (Å²) in [5.74, 6) is 0. The predicted octanol–water partition coefficient (Wildman–Crippen LogP) is 5.10. The number of aromatic nitrogens is 5. The first-order chi connectivity index (χ1) is 16.6. The summed E-state index contributed by atoms with van der Waals surface area (Å²) in [4.78, 5) is 16.4. The van der Waals surface area contributed by atoms with Crippen molar-refractivity contribution >= 4 is 11.7 Å². The Balaban J connectivity index is 1.52. The lowest BCUT2D eigenvalue weighted by Crippen LogP contribution is -2.50. The number of H-pyrrole nitrogens is 1. The maximum atomic E-state index is 11.4. The van der Waals surface area contributed by atoms with Crippen molar-refractivity contribution in [1.29, 1.82) is 0 Å². The van der Waals surface area contributed by atoms with Gasteiger partial charge in [-0.05, 0) is 37.0 Å². The summed E-state index contributed by atoms with van der Waals surface area (Å²) in [6.07, 6.45) is 5.17. The molecule has 0 bridgehead atoms. The molecule has 1 aliphatic carbocycles. The van der Waals surface area contributed by atoms with Crippen molar-refractivity contribution in [2.75, 3.05) is 0 Å². The molecule has 3 aromatic heterocycles. The van der Waals surface area contributed by atoms with E-state index in [0.717, 1.165) is 64.2 Å². The second-order valence-corrected chi connectivity index (χ2v) is 8.56. The van der Waals surface area contributed by atoms with E-state index in [0.29, 0.717) is 0 Å². The lowest BCUT2D eigenvalue weighted by Gasteiger charge is -2.42. The van der Waals surface area contributed by atoms with Crippen LogP contribution in [0.1, 0.15) is 24.8 Å². The van der Waals surface area contributed by atoms with Crippen LogP contribution in [0.3, 0.4) is 0 Å². The third-order valence-electron chi connectivity index (χ3n) is 6.61. The molecule has 8 nitrogen and oxygen atoms in total. The van der Waals surface area contributed by atoms with Crippen LogP contribution in [0, 0.1) is 0 Å². The molecule has 1 saturated carbocycles. The van der Waals surface area contributed by atoms with Crippen molar-refractivity contribution < 1.29 is 9.90 Å². The first-order valence-corrected chi connectivity index (χ1v) is 11.2. The van der Waals surface area contributed by atoms with Crippen LogP contribution < -0.4 is 5.32 Å². The summed E-state index contributed by atoms with van der Waals surface area (Å²) in [6, 6.07) is 21.9. The SMILES string of the molecule is O=C(O)NC1(c2ccc(-c3nc4c(-c5cc[nH]n5)ccnn4c3-c3ccccc3)cc2)CCC1. The topological polar surface area (TPSA) is 108 Å². The number of aromatic amines is 1. The summed E-state index contributed by atoms with van der Waals surface area (Å²) >= 11 is 0. The normalized spacial score (nSPS) is 14.6. The van der Waals surface area contributed by atoms with E-state index < -0.39 is 11.6 Å². The number of nitrogens with one attached hydrogen (secondary N) is 2. The van der Waals surface area contributed by atoms with Gasteiger partial charge in [-0.25, -0.2) is 14.3 Å². The second-order valence-electron chi connectivity index (χ2n) is 8.56. The Morgan fingerprint density at radius 1 is 1.00 bits per heavy atom. The molecule has 1 fully saturated rings. The van der Waals surface area contributed by atoms with Crippen LogP contribution in [-0.4, -0.2) is 36.0 Å². The van der Waals surface area contributed by atoms with Crippen molar-refractivity contribution in [3.05, 3.63) is 84.7 Å². The highest BCUT2D eigenvalue weighted by Gasteiger charge is 2.40. The van der Waals surface area contributed by atoms with Gasteiger partial charge in [-0.1, -0.05) is 54.6 Å². The molecule has 0 aliphatic heterocycles. The van der Waals surface area contributed by atoms with Gasteiger partial charge in [-0.3, -0.25) is 5.10 Å². The lowest BCUT2D eigenvalue weighted by molar-refractivity contribution is 0.144. The smallest absolute Gasteiger partial charge is 0.405 e. The van der Waals surface area contributed by atoms with E-state index in [2.05, 4.69) is 20.6 Å². The highest BCUT2D eigenvalue weighted by molar-refractivity contribution is 5.86. The Labute approximate surface area is 195 Å². The van der Waals surface area contributed by atoms with Crippen LogP contribution in [0.4, 0.5) is 4.79 Å². The highest BCUT2D eigenvalue weighted by Crippen LogP contribution is 2.42. The minimum Gasteiger partial charge on any atom is -0.465 e. The molecule has 0 saturated heterocycles. The quantitative estimate of drug-likeness (QED) is 0.345. The molecule has 1 aliphatic rings. The standard InChI is InChI=1S/C26H22N6O2/c33-25(34)30-26(13-4-14-26)19-9-7-17(8-10-19)22-23(18-5-2-1-3-6-18)32-24(29-22)20(11-16-28-32)21-12-15-27-31-21/h1-3,5-12,15-16,30H,4,13-14H2,(H,27,31)(H,33,34). The summed E-state index contributed by atoms with van der Waals surface area (Å²) in [5.41, 5.74) is 6.52. The van der Waals surface area contributed by atoms with E-state index in [1.807, 2.05) is 71.2 Å². The van der Waals surface area contributed by atoms with Crippen molar-refractivity contribution in [2.45, 2.75) is 24.8 Å². The number of carbonyl (C=O) groups is 1. The first kappa shape index (κ1) is 20.2. The monoisotopic (exact) mass is 450 g/mol. The maximum absolute atomic E-state index is 11.4. The molecular formula is C26H22N6O2. The number of imidazole rings is 1. The zero-order valence-corrected chi connectivity index (χ0v) is 18.3. The predicted molar refractivity (Wildman–Crippen MR) is 128 cm³/mol. The van der Waals surface area contributed by atoms with Gasteiger partial charge >= 0.3 is 6.09 Å². The molecule has 1 amide bonds. The molecule has 34 heavy (non-hydrogen) atoms. The van der Waals surface area contributed by atoms with E-state index in [9.17, 15) is 9.90 Å². The molecule has 3 N–H and O–H groups in total. The summed E-state index contributed by atoms with van der Waals surface area (Å²) in [7, 11) is 0. The maximum Gasteiger partial charge on any atom is 0.405 e. The average molecular weight is 451 g/mol. The van der Waals surface area contributed by atoms with Crippen molar-refractivity contribution in [3.8, 4) is 33.8 Å². The zero-order chi connectivity index (χ0) is 23.1. The molecule has 0 radical (unpaired) electrons. The Bertz CT molecular complexity index is 1470. The Morgan fingerprint density at radius 2 is 1.79 bits per heavy atom. The Morgan fingerprint density at radius 3 is 2.44 bits per heavy atom. The van der Waals surface area contributed by atoms with Gasteiger partial charge in [0, 0.05) is 29.1 Å². The molecule has 8 heteroatoms. The minimum atomic E-state index is -0.993. The molecule has 0 unspecified atom stereocenters. The fourth-order valence-corrected chi connectivity index (χ4v) is 4.78. The van der Waals surface area contributed by atoms with Crippen LogP contribution in [0.15, 0.2) is 79.1 Å². The fraction of sp³-hybridized carbons (Fsp3) is 0.154. The number of benzene rings is 2. The van der Waals surface area contributed by atoms with Crippen LogP contribution in [0.2, 0.25) is 0 Å². The van der Waals surface area contributed by atoms with E-state index in [1.54, 1.807) is 12.4 Å². The minimum absolute atomic E-state index is 0.500. The van der Waals surface area contributed by atoms with Gasteiger partial charge in [-0.15, -0.1) is 0 Å². The summed E-state index contributed by atoms with van der Waals surface area (Å²) in [6.45, 7) is 0. The van der Waals surface area contributed by atoms with Crippen molar-refractivity contribution in [3.63, 3.8) is 0 Å². The molecule has 3 heterocycles. The van der Waals surface area contributed by atoms with Crippen LogP contribution >= 0.6 is 0 Å². The van der Waals surface area contributed by atoms with Crippen molar-refractivity contribution in [1.82, 2.24) is 30.1 Å². The largest absolute Gasteiger partial charge is 0.465 e. The molecule has 5 aromatic rings. The van der Waals surface area contributed by atoms with E-state index in [1.165, 1.54) is 0 Å². The van der Waals surface area contributed by atoms with Gasteiger partial charge in [0.05, 0.1) is 16.9 Å². The third kappa shape index (κ3) is 3.23. The van der Waals surface area contributed by atoms with E-state index >= 15 is 0 Å². The van der Waals surface area contributed by atoms with Crippen LogP contribution in [-0.2, 0) is 5.54 Å². The van der Waals surface area contributed by atoms with Crippen LogP contribution in [0.25, 0.3) is 39.4 Å². The number of fused-ring (bicyclic) bond motifs is 1. The highest BCUT2D eigenvalue weighted by atomic mass is 16.4. The van der Waals surface area contributed by atoms with Gasteiger partial charge in [0.15, 0.2) is 5.65 Å². The molecule has 6 rings (SSSR count). The van der Waals surface area contributed by atoms with E-state index in [4.69, 9.17) is 4.98 Å². The molecule has 2 aromatic carbocycles. The third-order valence-corrected chi connectivity index (χ3v) is 6.61. The van der Waals surface area contributed by atoms with Crippen LogP contribution in [0.5, 0.6) is 0 Å². The second kappa shape index (κ2) is 7.84. The van der Waals surface area contributed by atoms with Gasteiger partial charge in [0.25, 0.3) is 0 Å². The average Bonchev–Trinajstić information content (AvgIpc) is 3.50.